The van der Waals surface area contributed by atoms with Crippen LogP contribution in [0.3, 0.4) is 0 Å². The van der Waals surface area contributed by atoms with E-state index in [1.807, 2.05) is 66.7 Å². The summed E-state index contributed by atoms with van der Waals surface area (Å²) >= 11 is 0. The number of para-hydroxylation sites is 1. The highest BCUT2D eigenvalue weighted by Crippen LogP contribution is 2.30. The zero-order valence-electron chi connectivity index (χ0n) is 16.7. The maximum atomic E-state index is 11.8. The SMILES string of the molecule is COc1ccccc1-c1ccc(C(O)C(O)CNC(=O)OCc2ccccc2)cc1. The molecule has 3 rings (SSSR count). The Morgan fingerprint density at radius 1 is 0.933 bits per heavy atom. The van der Waals surface area contributed by atoms with Crippen LogP contribution < -0.4 is 10.1 Å². The van der Waals surface area contributed by atoms with E-state index < -0.39 is 18.3 Å². The highest BCUT2D eigenvalue weighted by molar-refractivity contribution is 5.70. The molecule has 0 aliphatic rings. The van der Waals surface area contributed by atoms with Crippen LogP contribution in [0.1, 0.15) is 17.2 Å². The third-order valence-electron chi connectivity index (χ3n) is 4.70. The molecule has 2 atom stereocenters. The third kappa shape index (κ3) is 5.59. The van der Waals surface area contributed by atoms with E-state index in [4.69, 9.17) is 9.47 Å². The highest BCUT2D eigenvalue weighted by atomic mass is 16.5. The van der Waals surface area contributed by atoms with E-state index in [1.54, 1.807) is 19.2 Å². The summed E-state index contributed by atoms with van der Waals surface area (Å²) in [4.78, 5) is 11.8. The lowest BCUT2D eigenvalue weighted by atomic mass is 9.99. The number of ether oxygens (including phenoxy) is 2. The number of hydrogen-bond acceptors (Lipinski definition) is 5. The first-order valence-corrected chi connectivity index (χ1v) is 9.62. The van der Waals surface area contributed by atoms with Crippen LogP contribution in [-0.4, -0.2) is 36.1 Å². The number of rotatable bonds is 8. The van der Waals surface area contributed by atoms with Gasteiger partial charge >= 0.3 is 6.09 Å². The topological polar surface area (TPSA) is 88.0 Å². The molecule has 0 aromatic heterocycles. The van der Waals surface area contributed by atoms with Gasteiger partial charge in [0.1, 0.15) is 24.6 Å². The Balaban J connectivity index is 1.53. The van der Waals surface area contributed by atoms with Crippen LogP contribution in [0.5, 0.6) is 5.75 Å². The van der Waals surface area contributed by atoms with Crippen molar-refractivity contribution in [1.82, 2.24) is 5.32 Å². The van der Waals surface area contributed by atoms with E-state index >= 15 is 0 Å². The minimum atomic E-state index is -1.17. The molecule has 0 bridgehead atoms. The molecule has 0 fully saturated rings. The Morgan fingerprint density at radius 2 is 1.60 bits per heavy atom. The summed E-state index contributed by atoms with van der Waals surface area (Å²) in [5.74, 6) is 0.754. The van der Waals surface area contributed by atoms with Crippen LogP contribution in [0.15, 0.2) is 78.9 Å². The van der Waals surface area contributed by atoms with Gasteiger partial charge in [0.05, 0.1) is 7.11 Å². The van der Waals surface area contributed by atoms with E-state index in [9.17, 15) is 15.0 Å². The lowest BCUT2D eigenvalue weighted by Crippen LogP contribution is -2.35. The van der Waals surface area contributed by atoms with Gasteiger partial charge in [-0.2, -0.15) is 0 Å². The van der Waals surface area contributed by atoms with Crippen LogP contribution in [0, 0.1) is 0 Å². The van der Waals surface area contributed by atoms with E-state index in [-0.39, 0.29) is 13.2 Å². The molecular weight excluding hydrogens is 382 g/mol. The van der Waals surface area contributed by atoms with Crippen molar-refractivity contribution < 1.29 is 24.5 Å². The largest absolute Gasteiger partial charge is 0.496 e. The van der Waals surface area contributed by atoms with E-state index in [2.05, 4.69) is 5.32 Å². The summed E-state index contributed by atoms with van der Waals surface area (Å²) < 4.78 is 10.5. The number of alkyl carbamates (subject to hydrolysis) is 1. The molecule has 0 spiro atoms. The molecule has 0 saturated carbocycles. The van der Waals surface area contributed by atoms with Crippen molar-refractivity contribution in [3.63, 3.8) is 0 Å². The molecule has 3 N–H and O–H groups in total. The van der Waals surface area contributed by atoms with E-state index in [0.717, 1.165) is 22.4 Å². The fraction of sp³-hybridized carbons (Fsp3) is 0.208. The Morgan fingerprint density at radius 3 is 2.30 bits per heavy atom. The third-order valence-corrected chi connectivity index (χ3v) is 4.70. The van der Waals surface area contributed by atoms with Gasteiger partial charge in [-0.25, -0.2) is 4.79 Å². The van der Waals surface area contributed by atoms with Crippen LogP contribution in [-0.2, 0) is 11.3 Å². The van der Waals surface area contributed by atoms with Gasteiger partial charge in [0.2, 0.25) is 0 Å². The minimum absolute atomic E-state index is 0.135. The molecule has 2 unspecified atom stereocenters. The Labute approximate surface area is 175 Å². The molecule has 0 saturated heterocycles. The van der Waals surface area contributed by atoms with Crippen molar-refractivity contribution in [2.24, 2.45) is 0 Å². The smallest absolute Gasteiger partial charge is 0.407 e. The molecule has 6 heteroatoms. The summed E-state index contributed by atoms with van der Waals surface area (Å²) in [7, 11) is 1.62. The summed E-state index contributed by atoms with van der Waals surface area (Å²) in [5.41, 5.74) is 3.27. The lowest BCUT2D eigenvalue weighted by molar-refractivity contribution is 0.0184. The predicted molar refractivity (Wildman–Crippen MR) is 114 cm³/mol. The first-order valence-electron chi connectivity index (χ1n) is 9.62. The van der Waals surface area contributed by atoms with Crippen molar-refractivity contribution in [1.29, 1.82) is 0 Å². The second-order valence-electron chi connectivity index (χ2n) is 6.78. The van der Waals surface area contributed by atoms with Gasteiger partial charge in [-0.3, -0.25) is 0 Å². The van der Waals surface area contributed by atoms with Gasteiger partial charge in [-0.05, 0) is 22.8 Å². The number of methoxy groups -OCH3 is 1. The molecule has 3 aromatic carbocycles. The van der Waals surface area contributed by atoms with Crippen molar-refractivity contribution in [2.45, 2.75) is 18.8 Å². The van der Waals surface area contributed by atoms with Crippen molar-refractivity contribution in [3.8, 4) is 16.9 Å². The molecule has 1 amide bonds. The summed E-state index contributed by atoms with van der Waals surface area (Å²) in [5, 5.41) is 23.1. The Kier molecular flexibility index (Phi) is 7.43. The first-order chi connectivity index (χ1) is 14.6. The minimum Gasteiger partial charge on any atom is -0.496 e. The Bertz CT molecular complexity index is 943. The van der Waals surface area contributed by atoms with Crippen LogP contribution >= 0.6 is 0 Å². The molecule has 3 aromatic rings. The van der Waals surface area contributed by atoms with Crippen LogP contribution in [0.25, 0.3) is 11.1 Å². The summed E-state index contributed by atoms with van der Waals surface area (Å²) in [6, 6.07) is 24.1. The first kappa shape index (κ1) is 21.4. The maximum Gasteiger partial charge on any atom is 0.407 e. The number of aliphatic hydroxyl groups excluding tert-OH is 2. The number of nitrogens with one attached hydrogen (secondary N) is 1. The van der Waals surface area contributed by atoms with Crippen molar-refractivity contribution in [3.05, 3.63) is 90.0 Å². The van der Waals surface area contributed by atoms with Gasteiger partial charge in [0.15, 0.2) is 0 Å². The van der Waals surface area contributed by atoms with E-state index in [0.29, 0.717) is 5.56 Å². The quantitative estimate of drug-likeness (QED) is 0.530. The van der Waals surface area contributed by atoms with Crippen LogP contribution in [0.2, 0.25) is 0 Å². The van der Waals surface area contributed by atoms with Crippen LogP contribution in [0.4, 0.5) is 4.79 Å². The average Bonchev–Trinajstić information content (AvgIpc) is 2.81. The molecule has 0 radical (unpaired) electrons. The second kappa shape index (κ2) is 10.4. The van der Waals surface area contributed by atoms with Gasteiger partial charge < -0.3 is 25.0 Å². The molecule has 6 nitrogen and oxygen atoms in total. The monoisotopic (exact) mass is 407 g/mol. The highest BCUT2D eigenvalue weighted by Gasteiger charge is 2.19. The number of carbonyl (C=O) groups excluding carboxylic acids is 1. The number of amides is 1. The van der Waals surface area contributed by atoms with E-state index in [1.165, 1.54) is 0 Å². The summed E-state index contributed by atoms with van der Waals surface area (Å²) in [6.07, 6.45) is -2.98. The molecule has 30 heavy (non-hydrogen) atoms. The maximum absolute atomic E-state index is 11.8. The Hall–Kier alpha value is -3.35. The molecule has 0 heterocycles. The summed E-state index contributed by atoms with van der Waals surface area (Å²) in [6.45, 7) is -0.00121. The van der Waals surface area contributed by atoms with Gasteiger partial charge in [0.25, 0.3) is 0 Å². The molecule has 0 aliphatic heterocycles. The standard InChI is InChI=1S/C24H25NO5/c1-29-22-10-6-5-9-20(22)18-11-13-19(14-12-18)23(27)21(26)15-25-24(28)30-16-17-7-3-2-4-8-17/h2-14,21,23,26-27H,15-16H2,1H3,(H,25,28). The number of benzene rings is 3. The molecule has 0 aliphatic carbocycles. The number of aliphatic hydroxyl groups is 2. The molecular formula is C24H25NO5. The predicted octanol–water partition coefficient (Wildman–Crippen LogP) is 3.68. The van der Waals surface area contributed by atoms with Gasteiger partial charge in [-0.15, -0.1) is 0 Å². The number of hydrogen-bond donors (Lipinski definition) is 3. The van der Waals surface area contributed by atoms with Crippen molar-refractivity contribution in [2.75, 3.05) is 13.7 Å². The second-order valence-corrected chi connectivity index (χ2v) is 6.78. The fourth-order valence-electron chi connectivity index (χ4n) is 3.04. The average molecular weight is 407 g/mol. The molecule has 156 valence electrons. The normalized spacial score (nSPS) is 12.6. The fourth-order valence-corrected chi connectivity index (χ4v) is 3.04. The zero-order valence-corrected chi connectivity index (χ0v) is 16.7. The zero-order chi connectivity index (χ0) is 21.3. The van der Waals surface area contributed by atoms with Gasteiger partial charge in [0, 0.05) is 12.1 Å². The van der Waals surface area contributed by atoms with Gasteiger partial charge in [-0.1, -0.05) is 72.8 Å². The lowest BCUT2D eigenvalue weighted by Gasteiger charge is -2.19. The number of carbonyl (C=O) groups is 1. The van der Waals surface area contributed by atoms with Crippen molar-refractivity contribution >= 4 is 6.09 Å².